The van der Waals surface area contributed by atoms with Crippen molar-refractivity contribution in [3.05, 3.63) is 72.1 Å². The van der Waals surface area contributed by atoms with Crippen LogP contribution in [0.4, 0.5) is 0 Å². The zero-order valence-electron chi connectivity index (χ0n) is 14.5. The highest BCUT2D eigenvalue weighted by Gasteiger charge is 2.23. The van der Waals surface area contributed by atoms with E-state index >= 15 is 0 Å². The Balaban J connectivity index is 1.54. The number of aryl methyl sites for hydroxylation is 1. The van der Waals surface area contributed by atoms with Gasteiger partial charge in [-0.25, -0.2) is 9.48 Å². The zero-order chi connectivity index (χ0) is 18.2. The van der Waals surface area contributed by atoms with Crippen molar-refractivity contribution in [2.24, 2.45) is 0 Å². The van der Waals surface area contributed by atoms with Crippen LogP contribution in [0.15, 0.2) is 60.9 Å². The summed E-state index contributed by atoms with van der Waals surface area (Å²) < 4.78 is 12.4. The van der Waals surface area contributed by atoms with Crippen LogP contribution in [0.5, 0.6) is 5.75 Å². The molecule has 0 fully saturated rings. The van der Waals surface area contributed by atoms with E-state index in [2.05, 4.69) is 15.5 Å². The Kier molecular flexibility index (Phi) is 5.92. The first kappa shape index (κ1) is 17.6. The molecular formula is C19H20N4O3. The van der Waals surface area contributed by atoms with Crippen LogP contribution in [0.1, 0.15) is 17.2 Å². The van der Waals surface area contributed by atoms with Gasteiger partial charge in [0.2, 0.25) is 0 Å². The molecule has 7 nitrogen and oxygen atoms in total. The van der Waals surface area contributed by atoms with Crippen molar-refractivity contribution in [3.63, 3.8) is 0 Å². The standard InChI is InChI=1S/C19H20N4O3/c1-15-7-9-17(10-8-15)25-11-12-26-19(24)18(23-14-20-21-22-23)13-16-5-3-2-4-6-16/h2-10,14,18H,11-13H2,1H3/t18-/m1/s1. The predicted molar refractivity (Wildman–Crippen MR) is 94.6 cm³/mol. The summed E-state index contributed by atoms with van der Waals surface area (Å²) in [6, 6.07) is 16.8. The van der Waals surface area contributed by atoms with Crippen LogP contribution < -0.4 is 4.74 Å². The van der Waals surface area contributed by atoms with Gasteiger partial charge in [0.15, 0.2) is 6.04 Å². The van der Waals surface area contributed by atoms with Crippen LogP contribution in [0, 0.1) is 6.92 Å². The monoisotopic (exact) mass is 352 g/mol. The molecule has 1 aromatic heterocycles. The second-order valence-corrected chi connectivity index (χ2v) is 5.82. The number of hydrogen-bond donors (Lipinski definition) is 0. The number of carbonyl (C=O) groups is 1. The highest BCUT2D eigenvalue weighted by atomic mass is 16.6. The van der Waals surface area contributed by atoms with Crippen molar-refractivity contribution in [2.75, 3.05) is 13.2 Å². The van der Waals surface area contributed by atoms with Crippen LogP contribution in [0.2, 0.25) is 0 Å². The molecule has 0 aliphatic heterocycles. The molecule has 0 saturated heterocycles. The number of hydrogen-bond acceptors (Lipinski definition) is 6. The first-order chi connectivity index (χ1) is 12.7. The van der Waals surface area contributed by atoms with Gasteiger partial charge < -0.3 is 9.47 Å². The summed E-state index contributed by atoms with van der Waals surface area (Å²) in [7, 11) is 0. The Labute approximate surface area is 151 Å². The zero-order valence-corrected chi connectivity index (χ0v) is 14.5. The fourth-order valence-corrected chi connectivity index (χ4v) is 2.47. The van der Waals surface area contributed by atoms with Crippen molar-refractivity contribution in [1.82, 2.24) is 20.2 Å². The van der Waals surface area contributed by atoms with Crippen LogP contribution in [0.25, 0.3) is 0 Å². The fourth-order valence-electron chi connectivity index (χ4n) is 2.47. The Morgan fingerprint density at radius 2 is 1.85 bits per heavy atom. The molecule has 26 heavy (non-hydrogen) atoms. The molecule has 1 atom stereocenters. The van der Waals surface area contributed by atoms with E-state index in [0.29, 0.717) is 6.42 Å². The first-order valence-electron chi connectivity index (χ1n) is 8.35. The number of aromatic nitrogens is 4. The van der Waals surface area contributed by atoms with Gasteiger partial charge in [-0.3, -0.25) is 0 Å². The van der Waals surface area contributed by atoms with E-state index in [1.54, 1.807) is 0 Å². The molecule has 0 spiro atoms. The molecule has 0 N–H and O–H groups in total. The summed E-state index contributed by atoms with van der Waals surface area (Å²) in [5.41, 5.74) is 2.16. The molecule has 3 rings (SSSR count). The van der Waals surface area contributed by atoms with Gasteiger partial charge in [-0.05, 0) is 35.0 Å². The number of rotatable bonds is 8. The van der Waals surface area contributed by atoms with Gasteiger partial charge in [0, 0.05) is 6.42 Å². The molecular weight excluding hydrogens is 332 g/mol. The Morgan fingerprint density at radius 3 is 2.54 bits per heavy atom. The number of carbonyl (C=O) groups excluding carboxylic acids is 1. The molecule has 1 heterocycles. The fraction of sp³-hybridized carbons (Fsp3) is 0.263. The molecule has 3 aromatic rings. The van der Waals surface area contributed by atoms with Gasteiger partial charge in [0.1, 0.15) is 25.3 Å². The minimum absolute atomic E-state index is 0.153. The highest BCUT2D eigenvalue weighted by molar-refractivity contribution is 5.74. The number of esters is 1. The SMILES string of the molecule is Cc1ccc(OCCOC(=O)[C@@H](Cc2ccccc2)n2cnnn2)cc1. The Morgan fingerprint density at radius 1 is 1.08 bits per heavy atom. The van der Waals surface area contributed by atoms with Crippen LogP contribution in [0.3, 0.4) is 0 Å². The second-order valence-electron chi connectivity index (χ2n) is 5.82. The predicted octanol–water partition coefficient (Wildman–Crippen LogP) is 2.39. The van der Waals surface area contributed by atoms with Crippen LogP contribution in [-0.4, -0.2) is 39.4 Å². The number of tetrazole rings is 1. The van der Waals surface area contributed by atoms with E-state index in [1.807, 2.05) is 61.5 Å². The molecule has 0 bridgehead atoms. The van der Waals surface area contributed by atoms with Gasteiger partial charge in [0.05, 0.1) is 0 Å². The third kappa shape index (κ3) is 4.89. The maximum atomic E-state index is 12.5. The van der Waals surface area contributed by atoms with Gasteiger partial charge in [-0.15, -0.1) is 5.10 Å². The highest BCUT2D eigenvalue weighted by Crippen LogP contribution is 2.15. The van der Waals surface area contributed by atoms with E-state index in [0.717, 1.165) is 16.9 Å². The summed E-state index contributed by atoms with van der Waals surface area (Å²) in [4.78, 5) is 12.5. The van der Waals surface area contributed by atoms with E-state index in [-0.39, 0.29) is 13.2 Å². The minimum Gasteiger partial charge on any atom is -0.490 e. The summed E-state index contributed by atoms with van der Waals surface area (Å²) in [6.45, 7) is 2.44. The molecule has 2 aromatic carbocycles. The van der Waals surface area contributed by atoms with Gasteiger partial charge >= 0.3 is 5.97 Å². The molecule has 7 heteroatoms. The van der Waals surface area contributed by atoms with Crippen LogP contribution in [-0.2, 0) is 16.0 Å². The third-order valence-corrected chi connectivity index (χ3v) is 3.85. The van der Waals surface area contributed by atoms with Crippen LogP contribution >= 0.6 is 0 Å². The lowest BCUT2D eigenvalue weighted by atomic mass is 10.1. The van der Waals surface area contributed by atoms with Gasteiger partial charge in [-0.2, -0.15) is 0 Å². The summed E-state index contributed by atoms with van der Waals surface area (Å²) >= 11 is 0. The van der Waals surface area contributed by atoms with Crippen molar-refractivity contribution in [1.29, 1.82) is 0 Å². The smallest absolute Gasteiger partial charge is 0.331 e. The topological polar surface area (TPSA) is 79.1 Å². The second kappa shape index (κ2) is 8.75. The molecule has 134 valence electrons. The first-order valence-corrected chi connectivity index (χ1v) is 8.35. The van der Waals surface area contributed by atoms with Crippen molar-refractivity contribution in [3.8, 4) is 5.75 Å². The van der Waals surface area contributed by atoms with E-state index in [4.69, 9.17) is 9.47 Å². The lowest BCUT2D eigenvalue weighted by Gasteiger charge is -2.16. The van der Waals surface area contributed by atoms with Crippen molar-refractivity contribution in [2.45, 2.75) is 19.4 Å². The average molecular weight is 352 g/mol. The summed E-state index contributed by atoms with van der Waals surface area (Å²) in [5.74, 6) is 0.349. The maximum absolute atomic E-state index is 12.5. The number of nitrogens with zero attached hydrogens (tertiary/aromatic N) is 4. The van der Waals surface area contributed by atoms with E-state index in [1.165, 1.54) is 11.0 Å². The number of ether oxygens (including phenoxy) is 2. The molecule has 0 aliphatic carbocycles. The molecule has 0 unspecified atom stereocenters. The molecule has 0 saturated carbocycles. The quantitative estimate of drug-likeness (QED) is 0.457. The Bertz CT molecular complexity index is 805. The molecule has 0 radical (unpaired) electrons. The third-order valence-electron chi connectivity index (χ3n) is 3.85. The minimum atomic E-state index is -0.619. The van der Waals surface area contributed by atoms with E-state index in [9.17, 15) is 4.79 Å². The summed E-state index contributed by atoms with van der Waals surface area (Å²) in [6.07, 6.45) is 1.86. The lowest BCUT2D eigenvalue weighted by molar-refractivity contribution is -0.148. The molecule has 0 aliphatic rings. The average Bonchev–Trinajstić information content (AvgIpc) is 3.20. The van der Waals surface area contributed by atoms with Crippen molar-refractivity contribution >= 4 is 5.97 Å². The maximum Gasteiger partial charge on any atom is 0.331 e. The van der Waals surface area contributed by atoms with Gasteiger partial charge in [-0.1, -0.05) is 48.0 Å². The molecule has 0 amide bonds. The van der Waals surface area contributed by atoms with E-state index < -0.39 is 12.0 Å². The van der Waals surface area contributed by atoms with Gasteiger partial charge in [0.25, 0.3) is 0 Å². The van der Waals surface area contributed by atoms with Crippen molar-refractivity contribution < 1.29 is 14.3 Å². The largest absolute Gasteiger partial charge is 0.490 e. The lowest BCUT2D eigenvalue weighted by Crippen LogP contribution is -2.26. The Hall–Kier alpha value is -3.22. The normalized spacial score (nSPS) is 11.7. The summed E-state index contributed by atoms with van der Waals surface area (Å²) in [5, 5.41) is 11.1. The number of benzene rings is 2.